The maximum Gasteiger partial charge on any atom is 0.164 e. The Bertz CT molecular complexity index is 298. The number of aliphatic hydroxyl groups is 1. The van der Waals surface area contributed by atoms with Crippen LogP contribution in [-0.2, 0) is 4.83 Å². The first-order valence-electron chi connectivity index (χ1n) is 3.32. The molecule has 0 fully saturated rings. The summed E-state index contributed by atoms with van der Waals surface area (Å²) in [6.45, 7) is 0. The van der Waals surface area contributed by atoms with Crippen molar-refractivity contribution in [3.05, 3.63) is 35.4 Å². The molecule has 0 spiro atoms. The fourth-order valence-electron chi connectivity index (χ4n) is 0.870. The monoisotopic (exact) mass is 188 g/mol. The Labute approximate surface area is 75.2 Å². The van der Waals surface area contributed by atoms with Crippen LogP contribution in [0.5, 0.6) is 0 Å². The lowest BCUT2D eigenvalue weighted by molar-refractivity contribution is 0.221. The second-order valence-corrected chi connectivity index (χ2v) is 3.49. The number of hydrogen-bond donors (Lipinski definition) is 2. The van der Waals surface area contributed by atoms with Gasteiger partial charge in [-0.25, -0.2) is 8.78 Å². The lowest BCUT2D eigenvalue weighted by atomic mass is 9.91. The topological polar surface area (TPSA) is 20.2 Å². The Kier molecular flexibility index (Phi) is 2.44. The van der Waals surface area contributed by atoms with E-state index in [0.717, 1.165) is 6.07 Å². The molecular weight excluding hydrogens is 181 g/mol. The van der Waals surface area contributed by atoms with Crippen LogP contribution >= 0.6 is 12.6 Å². The highest BCUT2D eigenvalue weighted by molar-refractivity contribution is 7.82. The average Bonchev–Trinajstić information content (AvgIpc) is 1.92. The highest BCUT2D eigenvalue weighted by Crippen LogP contribution is 2.25. The molecule has 1 unspecified atom stereocenters. The fourth-order valence-corrected chi connectivity index (χ4v) is 1.04. The van der Waals surface area contributed by atoms with Gasteiger partial charge in [0.05, 0.1) is 4.83 Å². The molecule has 0 bridgehead atoms. The molecule has 0 amide bonds. The van der Waals surface area contributed by atoms with Crippen LogP contribution in [0.1, 0.15) is 5.56 Å². The van der Waals surface area contributed by atoms with E-state index in [2.05, 4.69) is 12.6 Å². The fraction of sp³-hybridized carbons (Fsp3) is 0.143. The standard InChI is InChI=1S/C7H7BF2OS/c8-7(11,12)4-2-1-3-5(9)6(4)10/h1-3,11-12H,8H2. The molecule has 0 heterocycles. The molecule has 1 aromatic carbocycles. The lowest BCUT2D eigenvalue weighted by Gasteiger charge is -2.17. The SMILES string of the molecule is BC(O)(S)c1cccc(F)c1F. The Morgan fingerprint density at radius 2 is 2.00 bits per heavy atom. The number of thiol groups is 1. The molecule has 1 nitrogen and oxygen atoms in total. The maximum absolute atomic E-state index is 12.9. The van der Waals surface area contributed by atoms with E-state index in [4.69, 9.17) is 0 Å². The van der Waals surface area contributed by atoms with E-state index in [0.29, 0.717) is 0 Å². The first kappa shape index (κ1) is 9.54. The van der Waals surface area contributed by atoms with Crippen molar-refractivity contribution in [2.24, 2.45) is 0 Å². The third kappa shape index (κ3) is 1.79. The Hall–Kier alpha value is -0.545. The summed E-state index contributed by atoms with van der Waals surface area (Å²) in [5.41, 5.74) is -0.161. The van der Waals surface area contributed by atoms with Crippen molar-refractivity contribution in [2.45, 2.75) is 4.83 Å². The van der Waals surface area contributed by atoms with E-state index in [-0.39, 0.29) is 5.56 Å². The zero-order chi connectivity index (χ0) is 9.35. The van der Waals surface area contributed by atoms with Crippen molar-refractivity contribution in [2.75, 3.05) is 0 Å². The molecule has 0 aliphatic heterocycles. The largest absolute Gasteiger partial charge is 0.384 e. The summed E-state index contributed by atoms with van der Waals surface area (Å²) in [5, 5.41) is 9.25. The summed E-state index contributed by atoms with van der Waals surface area (Å²) in [5.74, 6) is -2.04. The molecule has 12 heavy (non-hydrogen) atoms. The molecular formula is C7H7BF2OS. The molecule has 1 N–H and O–H groups in total. The van der Waals surface area contributed by atoms with E-state index in [1.165, 1.54) is 20.0 Å². The summed E-state index contributed by atoms with van der Waals surface area (Å²) in [6, 6.07) is 3.59. The van der Waals surface area contributed by atoms with E-state index >= 15 is 0 Å². The van der Waals surface area contributed by atoms with Crippen molar-refractivity contribution in [3.8, 4) is 0 Å². The van der Waals surface area contributed by atoms with Crippen LogP contribution in [0.2, 0.25) is 0 Å². The average molecular weight is 188 g/mol. The van der Waals surface area contributed by atoms with Crippen molar-refractivity contribution < 1.29 is 13.9 Å². The van der Waals surface area contributed by atoms with E-state index in [1.807, 2.05) is 0 Å². The molecule has 1 rings (SSSR count). The van der Waals surface area contributed by atoms with Crippen molar-refractivity contribution in [1.29, 1.82) is 0 Å². The van der Waals surface area contributed by atoms with Gasteiger partial charge in [-0.15, -0.1) is 12.6 Å². The van der Waals surface area contributed by atoms with Crippen molar-refractivity contribution in [1.82, 2.24) is 0 Å². The van der Waals surface area contributed by atoms with E-state index in [1.54, 1.807) is 0 Å². The first-order valence-corrected chi connectivity index (χ1v) is 3.77. The maximum atomic E-state index is 12.9. The molecule has 64 valence electrons. The van der Waals surface area contributed by atoms with Gasteiger partial charge >= 0.3 is 0 Å². The molecule has 0 saturated heterocycles. The van der Waals surface area contributed by atoms with Gasteiger partial charge in [0.1, 0.15) is 0 Å². The van der Waals surface area contributed by atoms with Gasteiger partial charge in [0.25, 0.3) is 0 Å². The molecule has 0 saturated carbocycles. The van der Waals surface area contributed by atoms with E-state index < -0.39 is 16.5 Å². The van der Waals surface area contributed by atoms with Crippen LogP contribution in [0.4, 0.5) is 8.78 Å². The lowest BCUT2D eigenvalue weighted by Crippen LogP contribution is -2.20. The molecule has 0 aromatic heterocycles. The third-order valence-corrected chi connectivity index (χ3v) is 1.70. The smallest absolute Gasteiger partial charge is 0.164 e. The zero-order valence-electron chi connectivity index (χ0n) is 6.38. The number of benzene rings is 1. The first-order chi connectivity index (χ1) is 5.43. The Morgan fingerprint density at radius 1 is 1.42 bits per heavy atom. The van der Waals surface area contributed by atoms with Gasteiger partial charge in [-0.2, -0.15) is 0 Å². The number of halogens is 2. The molecule has 1 aromatic rings. The number of hydrogen-bond acceptors (Lipinski definition) is 2. The van der Waals surface area contributed by atoms with Gasteiger partial charge in [0.15, 0.2) is 19.5 Å². The minimum absolute atomic E-state index is 0.161. The predicted octanol–water partition coefficient (Wildman–Crippen LogP) is 0.630. The van der Waals surface area contributed by atoms with Crippen LogP contribution in [0.3, 0.4) is 0 Å². The van der Waals surface area contributed by atoms with Gasteiger partial charge < -0.3 is 5.11 Å². The predicted molar refractivity (Wildman–Crippen MR) is 47.8 cm³/mol. The van der Waals surface area contributed by atoms with Crippen molar-refractivity contribution in [3.63, 3.8) is 0 Å². The van der Waals surface area contributed by atoms with Crippen LogP contribution < -0.4 is 0 Å². The van der Waals surface area contributed by atoms with Crippen molar-refractivity contribution >= 4 is 20.5 Å². The molecule has 0 aliphatic carbocycles. The molecule has 0 aliphatic rings. The van der Waals surface area contributed by atoms with Crippen LogP contribution in [-0.4, -0.2) is 13.0 Å². The Balaban J connectivity index is 3.26. The summed E-state index contributed by atoms with van der Waals surface area (Å²) >= 11 is 3.71. The van der Waals surface area contributed by atoms with Crippen LogP contribution in [0.25, 0.3) is 0 Å². The summed E-state index contributed by atoms with van der Waals surface area (Å²) in [4.78, 5) is -1.65. The second-order valence-electron chi connectivity index (χ2n) is 2.62. The summed E-state index contributed by atoms with van der Waals surface area (Å²) < 4.78 is 25.5. The normalized spacial score (nSPS) is 15.7. The van der Waals surface area contributed by atoms with Gasteiger partial charge in [-0.1, -0.05) is 12.1 Å². The quantitative estimate of drug-likeness (QED) is 0.376. The minimum Gasteiger partial charge on any atom is -0.384 e. The third-order valence-electron chi connectivity index (χ3n) is 1.46. The second kappa shape index (κ2) is 3.07. The number of rotatable bonds is 1. The minimum atomic E-state index is -1.65. The highest BCUT2D eigenvalue weighted by atomic mass is 32.1. The van der Waals surface area contributed by atoms with Gasteiger partial charge in [0.2, 0.25) is 0 Å². The highest BCUT2D eigenvalue weighted by Gasteiger charge is 2.22. The summed E-state index contributed by atoms with van der Waals surface area (Å²) in [6.07, 6.45) is 0. The van der Waals surface area contributed by atoms with Gasteiger partial charge in [-0.3, -0.25) is 0 Å². The summed E-state index contributed by atoms with van der Waals surface area (Å²) in [7, 11) is 1.27. The molecule has 1 atom stereocenters. The van der Waals surface area contributed by atoms with Gasteiger partial charge in [0, 0.05) is 5.56 Å². The zero-order valence-corrected chi connectivity index (χ0v) is 7.28. The Morgan fingerprint density at radius 3 is 2.42 bits per heavy atom. The molecule has 5 heteroatoms. The van der Waals surface area contributed by atoms with Gasteiger partial charge in [-0.05, 0) is 6.07 Å². The van der Waals surface area contributed by atoms with Crippen LogP contribution in [0.15, 0.2) is 18.2 Å². The van der Waals surface area contributed by atoms with E-state index in [9.17, 15) is 13.9 Å². The van der Waals surface area contributed by atoms with Crippen LogP contribution in [0, 0.1) is 11.6 Å². The molecule has 0 radical (unpaired) electrons.